The van der Waals surface area contributed by atoms with Crippen LogP contribution in [0.4, 0.5) is 22.7 Å². The molecule has 0 radical (unpaired) electrons. The molecule has 0 bridgehead atoms. The Balaban J connectivity index is 0.000000849. The first kappa shape index (κ1) is 111. The van der Waals surface area contributed by atoms with Crippen LogP contribution in [0.15, 0.2) is 141 Å². The van der Waals surface area contributed by atoms with Gasteiger partial charge in [0.2, 0.25) is 11.5 Å². The Kier molecular flexibility index (Phi) is 58.0. The molecule has 0 aliphatic rings. The van der Waals surface area contributed by atoms with Crippen molar-refractivity contribution in [3.8, 4) is 57.5 Å². The van der Waals surface area contributed by atoms with Crippen molar-refractivity contribution >= 4 is 71.7 Å². The van der Waals surface area contributed by atoms with E-state index in [1.54, 1.807) is 48.0 Å². The molecule has 0 fully saturated rings. The number of nitrogens with zero attached hydrogens (tertiary/aromatic N) is 4. The summed E-state index contributed by atoms with van der Waals surface area (Å²) in [5, 5.41) is 19.3. The molecule has 0 heterocycles. The highest BCUT2D eigenvalue weighted by Crippen LogP contribution is 2.45. The fourth-order valence-electron chi connectivity index (χ4n) is 13.1. The summed E-state index contributed by atoms with van der Waals surface area (Å²) < 4.78 is 72.6. The molecule has 4 atom stereocenters. The van der Waals surface area contributed by atoms with Crippen molar-refractivity contribution in [3.05, 3.63) is 166 Å². The van der Waals surface area contributed by atoms with Gasteiger partial charge in [0.15, 0.2) is 46.0 Å². The third-order valence-corrected chi connectivity index (χ3v) is 20.8. The lowest BCUT2D eigenvalue weighted by atomic mass is 10.00. The van der Waals surface area contributed by atoms with Crippen molar-refractivity contribution in [3.63, 3.8) is 0 Å². The molecular weight excluding hydrogens is 1570 g/mol. The second-order valence-electron chi connectivity index (χ2n) is 30.3. The second-order valence-corrected chi connectivity index (χ2v) is 30.3. The van der Waals surface area contributed by atoms with Gasteiger partial charge < -0.3 is 67.1 Å². The fraction of sp³-hybridized carbons (Fsp3) is 0.524. The molecule has 0 amide bonds. The molecule has 4 unspecified atom stereocenters. The van der Waals surface area contributed by atoms with Gasteiger partial charge in [0, 0.05) is 71.5 Å². The van der Waals surface area contributed by atoms with Crippen LogP contribution < -0.4 is 47.4 Å². The van der Waals surface area contributed by atoms with Crippen molar-refractivity contribution in [2.45, 2.75) is 271 Å². The van der Waals surface area contributed by atoms with Gasteiger partial charge in [-0.3, -0.25) is 29.6 Å². The fourth-order valence-corrected chi connectivity index (χ4v) is 13.1. The number of hydrogen-bond donors (Lipinski definition) is 2. The summed E-state index contributed by atoms with van der Waals surface area (Å²) in [6.07, 6.45) is 35.1. The van der Waals surface area contributed by atoms with E-state index in [2.05, 4.69) is 44.6 Å². The van der Waals surface area contributed by atoms with Crippen LogP contribution in [-0.2, 0) is 19.1 Å². The largest absolute Gasteiger partial charge is 0.493 e. The standard InChI is InChI=1S/C59H92N2O8.C42H48N2O8.4CH4/c1-8-14-19-24-40-64-54-38-32-49(56(66-42-26-21-16-10-3)58(54)68-44-28-23-18-12-5)46-61-51-35-33-50(34-36-51)60-45-48-31-37-52(53(30-29-39-62)69-59(63)47(7)13-6)57(67-43-27-22-17-11-4)55(48)65-41-25-20-15-9-2;1-8-28(2)42(46)52-36(10-9-25-45)35-23-17-31(38(48-4)40(35)50-6)26-43-33-19-13-29(14-20-33)11-12-30-15-21-34(22-16-30)44-27-32-18-24-37(47-3)41(51-7)39(32)49-5;;;;/h31-38,45-47,53,62H,8-30,39-44H2,1-7H3;11-24,26-28,36,45H,8-10,25H2,1-7H3;4*1H4/b;12-11+,43-26?,44-27?;;;;. The molecule has 692 valence electrons. The number of aliphatic hydroxyl groups excluding tert-OH is 2. The van der Waals surface area contributed by atoms with Gasteiger partial charge in [-0.1, -0.05) is 237 Å². The highest BCUT2D eigenvalue weighted by atomic mass is 16.6. The molecule has 0 aliphatic heterocycles. The third kappa shape index (κ3) is 37.9. The molecule has 0 saturated heterocycles. The number of hydrogen-bond acceptors (Lipinski definition) is 20. The number of carbonyl (C=O) groups is 2. The number of esters is 2. The third-order valence-electron chi connectivity index (χ3n) is 20.8. The Morgan fingerprint density at radius 2 is 0.608 bits per heavy atom. The quantitative estimate of drug-likeness (QED) is 0.0156. The van der Waals surface area contributed by atoms with Crippen molar-refractivity contribution in [2.24, 2.45) is 31.8 Å². The van der Waals surface area contributed by atoms with E-state index in [0.29, 0.717) is 134 Å². The molecule has 20 nitrogen and oxygen atoms in total. The van der Waals surface area contributed by atoms with Gasteiger partial charge in [0.1, 0.15) is 12.2 Å². The lowest BCUT2D eigenvalue weighted by molar-refractivity contribution is -0.155. The SMILES string of the molecule is C.C.C.C.CCC(C)C(=O)OC(CCCO)c1ccc(C=Nc2ccc(/C=C/c3ccc(N=Cc4ccc(OC)c(OC)c4OC)cc3)cc2)c(OC)c1OC.CCCCCCOc1ccc(C=Nc2ccc(N=Cc3ccc(C(CCCO)OC(=O)C(C)CC)c(OCCCCCC)c3OCCCCCC)cc2)c(OCCCCCC)c1OCCCCCC. The number of carbonyl (C=O) groups excluding carboxylic acids is 2. The van der Waals surface area contributed by atoms with Gasteiger partial charge >= 0.3 is 11.9 Å². The van der Waals surface area contributed by atoms with Gasteiger partial charge in [-0.2, -0.15) is 0 Å². The first-order valence-electron chi connectivity index (χ1n) is 44.4. The highest BCUT2D eigenvalue weighted by Gasteiger charge is 2.29. The number of benzene rings is 7. The summed E-state index contributed by atoms with van der Waals surface area (Å²) >= 11 is 0. The van der Waals surface area contributed by atoms with Gasteiger partial charge in [0.05, 0.1) is 103 Å². The molecule has 2 N–H and O–H groups in total. The predicted octanol–water partition coefficient (Wildman–Crippen LogP) is 27.7. The molecule has 0 spiro atoms. The van der Waals surface area contributed by atoms with E-state index >= 15 is 0 Å². The summed E-state index contributed by atoms with van der Waals surface area (Å²) in [7, 11) is 7.85. The van der Waals surface area contributed by atoms with Crippen LogP contribution in [0, 0.1) is 11.8 Å². The summed E-state index contributed by atoms with van der Waals surface area (Å²) in [5.74, 6) is 4.82. The molecule has 0 aliphatic carbocycles. The van der Waals surface area contributed by atoms with E-state index in [9.17, 15) is 19.8 Å². The van der Waals surface area contributed by atoms with E-state index in [1.807, 2.05) is 174 Å². The Morgan fingerprint density at radius 3 is 0.944 bits per heavy atom. The van der Waals surface area contributed by atoms with Gasteiger partial charge in [-0.15, -0.1) is 0 Å². The summed E-state index contributed by atoms with van der Waals surface area (Å²) in [4.78, 5) is 45.0. The summed E-state index contributed by atoms with van der Waals surface area (Å²) in [5.41, 5.74) is 9.66. The number of ether oxygens (including phenoxy) is 12. The molecule has 7 aromatic rings. The van der Waals surface area contributed by atoms with E-state index in [4.69, 9.17) is 66.8 Å². The molecule has 20 heteroatoms. The Hall–Kier alpha value is -10.2. The van der Waals surface area contributed by atoms with Gasteiger partial charge in [0.25, 0.3) is 0 Å². The minimum absolute atomic E-state index is 0. The van der Waals surface area contributed by atoms with E-state index in [0.717, 1.165) is 158 Å². The lowest BCUT2D eigenvalue weighted by Crippen LogP contribution is -2.19. The van der Waals surface area contributed by atoms with Crippen molar-refractivity contribution in [1.82, 2.24) is 0 Å². The zero-order valence-electron chi connectivity index (χ0n) is 75.1. The van der Waals surface area contributed by atoms with Crippen LogP contribution in [0.2, 0.25) is 0 Å². The van der Waals surface area contributed by atoms with Gasteiger partial charge in [-0.05, 0) is 167 Å². The monoisotopic (exact) mass is 1730 g/mol. The minimum atomic E-state index is -0.597. The summed E-state index contributed by atoms with van der Waals surface area (Å²) in [6.45, 7) is 21.5. The molecular formula is C105H156N4O16. The van der Waals surface area contributed by atoms with E-state index in [-0.39, 0.29) is 66.7 Å². The predicted molar refractivity (Wildman–Crippen MR) is 520 cm³/mol. The van der Waals surface area contributed by atoms with Crippen molar-refractivity contribution in [2.75, 3.05) is 81.8 Å². The average Bonchev–Trinajstić information content (AvgIpc) is 0.993. The lowest BCUT2D eigenvalue weighted by Gasteiger charge is -2.25. The topological polar surface area (TPSA) is 235 Å². The second kappa shape index (κ2) is 65.4. The maximum Gasteiger partial charge on any atom is 0.309 e. The van der Waals surface area contributed by atoms with Gasteiger partial charge in [-0.25, -0.2) is 0 Å². The number of methoxy groups -OCH3 is 5. The number of aliphatic imine (C=N–C) groups is 4. The maximum absolute atomic E-state index is 13.2. The van der Waals surface area contributed by atoms with Crippen LogP contribution >= 0.6 is 0 Å². The number of aliphatic hydroxyl groups is 2. The number of rotatable bonds is 59. The van der Waals surface area contributed by atoms with Crippen molar-refractivity contribution in [1.29, 1.82) is 0 Å². The van der Waals surface area contributed by atoms with Crippen LogP contribution in [0.3, 0.4) is 0 Å². The van der Waals surface area contributed by atoms with Crippen molar-refractivity contribution < 1.29 is 76.6 Å². The molecule has 7 aromatic carbocycles. The zero-order chi connectivity index (χ0) is 87.2. The van der Waals surface area contributed by atoms with Crippen LogP contribution in [0.25, 0.3) is 12.2 Å². The molecule has 7 rings (SSSR count). The first-order valence-corrected chi connectivity index (χ1v) is 44.4. The van der Waals surface area contributed by atoms with E-state index < -0.39 is 12.2 Å². The zero-order valence-corrected chi connectivity index (χ0v) is 75.1. The smallest absolute Gasteiger partial charge is 0.309 e. The maximum atomic E-state index is 13.2. The Morgan fingerprint density at radius 1 is 0.312 bits per heavy atom. The van der Waals surface area contributed by atoms with Crippen LogP contribution in [0.1, 0.15) is 316 Å². The first-order chi connectivity index (χ1) is 59.1. The minimum Gasteiger partial charge on any atom is -0.493 e. The Bertz CT molecular complexity index is 4250. The molecule has 125 heavy (non-hydrogen) atoms. The molecule has 0 aromatic heterocycles. The normalized spacial score (nSPS) is 12.1. The summed E-state index contributed by atoms with van der Waals surface area (Å²) in [6, 6.07) is 39.0. The van der Waals surface area contributed by atoms with Crippen LogP contribution in [0.5, 0.6) is 57.5 Å². The van der Waals surface area contributed by atoms with Crippen LogP contribution in [-0.4, -0.2) is 129 Å². The van der Waals surface area contributed by atoms with E-state index in [1.165, 1.54) is 32.1 Å². The number of unbranched alkanes of at least 4 members (excludes halogenated alkanes) is 15. The average molecular weight is 1730 g/mol. The highest BCUT2D eigenvalue weighted by molar-refractivity contribution is 5.91. The molecule has 0 saturated carbocycles. The Labute approximate surface area is 752 Å².